The van der Waals surface area contributed by atoms with Gasteiger partial charge in [-0.05, 0) is 38.0 Å². The van der Waals surface area contributed by atoms with Gasteiger partial charge in [0.15, 0.2) is 0 Å². The van der Waals surface area contributed by atoms with Crippen LogP contribution in [0.3, 0.4) is 0 Å². The van der Waals surface area contributed by atoms with E-state index in [9.17, 15) is 17.6 Å². The minimum atomic E-state index is -3.81. The van der Waals surface area contributed by atoms with Crippen molar-refractivity contribution in [1.82, 2.24) is 23.7 Å². The van der Waals surface area contributed by atoms with Crippen molar-refractivity contribution in [3.8, 4) is 17.1 Å². The van der Waals surface area contributed by atoms with Crippen molar-refractivity contribution < 1.29 is 17.5 Å². The molecule has 0 bridgehead atoms. The van der Waals surface area contributed by atoms with E-state index in [2.05, 4.69) is 9.88 Å². The molecule has 0 amide bonds. The molecule has 1 N–H and O–H groups in total. The van der Waals surface area contributed by atoms with Gasteiger partial charge in [-0.25, -0.2) is 13.4 Å². The fraction of sp³-hybridized carbons (Fsp3) is 0.520. The van der Waals surface area contributed by atoms with E-state index in [1.54, 1.807) is 17.7 Å². The van der Waals surface area contributed by atoms with E-state index in [1.165, 1.54) is 16.4 Å². The van der Waals surface area contributed by atoms with E-state index in [0.29, 0.717) is 79.7 Å². The normalized spacial score (nSPS) is 15.5. The molecule has 0 aliphatic carbocycles. The zero-order valence-electron chi connectivity index (χ0n) is 21.4. The van der Waals surface area contributed by atoms with Crippen molar-refractivity contribution in [2.24, 2.45) is 7.05 Å². The first kappa shape index (κ1) is 27.6. The SMILES string of the molecule is CCCc1c(Cl)n(C)c2c(=O)[nH]c(-c3cc(S(=O)(=O)N4CCN(CCCF)CC4)ccc3OCC)nc12. The van der Waals surface area contributed by atoms with Gasteiger partial charge in [-0.1, -0.05) is 24.9 Å². The average Bonchev–Trinajstić information content (AvgIpc) is 3.13. The topological polar surface area (TPSA) is 101 Å². The average molecular weight is 554 g/mol. The third-order valence-electron chi connectivity index (χ3n) is 6.64. The van der Waals surface area contributed by atoms with E-state index in [1.807, 2.05) is 13.8 Å². The third-order valence-corrected chi connectivity index (χ3v) is 9.02. The number of nitrogens with one attached hydrogen (secondary N) is 1. The third kappa shape index (κ3) is 5.41. The number of aryl methyl sites for hydroxylation is 2. The predicted octanol–water partition coefficient (Wildman–Crippen LogP) is 3.60. The van der Waals surface area contributed by atoms with Crippen LogP contribution < -0.4 is 10.3 Å². The van der Waals surface area contributed by atoms with Crippen molar-refractivity contribution in [3.63, 3.8) is 0 Å². The summed E-state index contributed by atoms with van der Waals surface area (Å²) in [6.07, 6.45) is 1.91. The van der Waals surface area contributed by atoms with Crippen LogP contribution in [0.2, 0.25) is 5.15 Å². The molecule has 1 aliphatic rings. The van der Waals surface area contributed by atoms with E-state index in [-0.39, 0.29) is 23.0 Å². The van der Waals surface area contributed by atoms with Gasteiger partial charge in [-0.15, -0.1) is 0 Å². The smallest absolute Gasteiger partial charge is 0.275 e. The Morgan fingerprint density at radius 3 is 2.57 bits per heavy atom. The molecule has 1 saturated heterocycles. The lowest BCUT2D eigenvalue weighted by Gasteiger charge is -2.33. The summed E-state index contributed by atoms with van der Waals surface area (Å²) in [7, 11) is -2.09. The molecule has 4 rings (SSSR count). The Morgan fingerprint density at radius 2 is 1.92 bits per heavy atom. The molecule has 2 aromatic heterocycles. The molecule has 37 heavy (non-hydrogen) atoms. The summed E-state index contributed by atoms with van der Waals surface area (Å²) in [5.74, 6) is 0.632. The molecule has 3 aromatic rings. The largest absolute Gasteiger partial charge is 0.493 e. The lowest BCUT2D eigenvalue weighted by atomic mass is 10.1. The van der Waals surface area contributed by atoms with Gasteiger partial charge < -0.3 is 19.2 Å². The van der Waals surface area contributed by atoms with Crippen LogP contribution in [0.5, 0.6) is 5.75 Å². The number of hydrogen-bond acceptors (Lipinski definition) is 6. The second kappa shape index (κ2) is 11.5. The molecule has 9 nitrogen and oxygen atoms in total. The number of piperazine rings is 1. The molecule has 3 heterocycles. The van der Waals surface area contributed by atoms with Crippen LogP contribution in [0.1, 0.15) is 32.3 Å². The maximum absolute atomic E-state index is 13.5. The summed E-state index contributed by atoms with van der Waals surface area (Å²) in [5, 5.41) is 0.457. The standard InChI is InChI=1S/C25H33ClFN5O4S/c1-4-7-18-21-22(30(3)23(18)26)25(33)29-24(28-21)19-16-17(8-9-20(19)36-5-2)37(34,35)32-14-12-31(13-15-32)11-6-10-27/h8-9,16H,4-7,10-15H2,1-3H3,(H,28,29,33). The fourth-order valence-electron chi connectivity index (χ4n) is 4.75. The number of H-pyrrole nitrogens is 1. The van der Waals surface area contributed by atoms with Gasteiger partial charge in [0, 0.05) is 45.3 Å². The summed E-state index contributed by atoms with van der Waals surface area (Å²) < 4.78 is 48.4. The molecule has 202 valence electrons. The van der Waals surface area contributed by atoms with Crippen LogP contribution in [-0.4, -0.2) is 78.2 Å². The Hall–Kier alpha value is -2.47. The molecule has 12 heteroatoms. The summed E-state index contributed by atoms with van der Waals surface area (Å²) in [6.45, 7) is 6.16. The maximum atomic E-state index is 13.5. The number of ether oxygens (including phenoxy) is 1. The van der Waals surface area contributed by atoms with Crippen LogP contribution in [0.15, 0.2) is 27.9 Å². The number of fused-ring (bicyclic) bond motifs is 1. The first-order valence-electron chi connectivity index (χ1n) is 12.6. The molecule has 0 unspecified atom stereocenters. The quantitative estimate of drug-likeness (QED) is 0.412. The predicted molar refractivity (Wildman–Crippen MR) is 143 cm³/mol. The number of aromatic nitrogens is 3. The number of alkyl halides is 1. The van der Waals surface area contributed by atoms with Crippen LogP contribution in [0, 0.1) is 0 Å². The van der Waals surface area contributed by atoms with Crippen molar-refractivity contribution in [2.45, 2.75) is 38.0 Å². The number of sulfonamides is 1. The number of benzene rings is 1. The summed E-state index contributed by atoms with van der Waals surface area (Å²) in [6, 6.07) is 4.61. The highest BCUT2D eigenvalue weighted by molar-refractivity contribution is 7.89. The zero-order chi connectivity index (χ0) is 26.7. The van der Waals surface area contributed by atoms with Gasteiger partial charge >= 0.3 is 0 Å². The van der Waals surface area contributed by atoms with Crippen LogP contribution in [0.4, 0.5) is 4.39 Å². The van der Waals surface area contributed by atoms with Crippen molar-refractivity contribution >= 4 is 32.7 Å². The van der Waals surface area contributed by atoms with Gasteiger partial charge in [0.1, 0.15) is 27.8 Å². The minimum absolute atomic E-state index is 0.0887. The van der Waals surface area contributed by atoms with Gasteiger partial charge in [-0.3, -0.25) is 9.18 Å². The van der Waals surface area contributed by atoms with Crippen molar-refractivity contribution in [2.75, 3.05) is 46.0 Å². The van der Waals surface area contributed by atoms with Crippen LogP contribution >= 0.6 is 11.6 Å². The number of nitrogens with zero attached hydrogens (tertiary/aromatic N) is 4. The fourth-order valence-corrected chi connectivity index (χ4v) is 6.47. The van der Waals surface area contributed by atoms with Gasteiger partial charge in [-0.2, -0.15) is 4.31 Å². The Bertz CT molecular complexity index is 1430. The molecule has 1 aromatic carbocycles. The zero-order valence-corrected chi connectivity index (χ0v) is 23.0. The molecule has 1 fully saturated rings. The van der Waals surface area contributed by atoms with Gasteiger partial charge in [0.2, 0.25) is 10.0 Å². The summed E-state index contributed by atoms with van der Waals surface area (Å²) >= 11 is 6.51. The number of rotatable bonds is 10. The highest BCUT2D eigenvalue weighted by Gasteiger charge is 2.30. The van der Waals surface area contributed by atoms with Gasteiger partial charge in [0.25, 0.3) is 5.56 Å². The molecule has 0 saturated carbocycles. The second-order valence-corrected chi connectivity index (χ2v) is 11.4. The lowest BCUT2D eigenvalue weighted by Crippen LogP contribution is -2.48. The number of aromatic amines is 1. The first-order chi connectivity index (χ1) is 17.7. The Balaban J connectivity index is 1.76. The molecular formula is C25H33ClFN5O4S. The molecule has 0 spiro atoms. The highest BCUT2D eigenvalue weighted by Crippen LogP contribution is 2.34. The molecule has 0 radical (unpaired) electrons. The van der Waals surface area contributed by atoms with Crippen molar-refractivity contribution in [3.05, 3.63) is 39.3 Å². The van der Waals surface area contributed by atoms with E-state index in [0.717, 1.165) is 12.0 Å². The lowest BCUT2D eigenvalue weighted by molar-refractivity contribution is 0.182. The van der Waals surface area contributed by atoms with E-state index in [4.69, 9.17) is 21.3 Å². The summed E-state index contributed by atoms with van der Waals surface area (Å²) in [5.41, 5.74) is 1.65. The van der Waals surface area contributed by atoms with E-state index < -0.39 is 10.0 Å². The maximum Gasteiger partial charge on any atom is 0.275 e. The second-order valence-electron chi connectivity index (χ2n) is 9.07. The number of hydrogen-bond donors (Lipinski definition) is 1. The van der Waals surface area contributed by atoms with Crippen LogP contribution in [0.25, 0.3) is 22.4 Å². The van der Waals surface area contributed by atoms with E-state index >= 15 is 0 Å². The van der Waals surface area contributed by atoms with Gasteiger partial charge in [0.05, 0.1) is 23.7 Å². The van der Waals surface area contributed by atoms with Crippen molar-refractivity contribution in [1.29, 1.82) is 0 Å². The summed E-state index contributed by atoms with van der Waals surface area (Å²) in [4.78, 5) is 22.8. The molecule has 0 atom stereocenters. The Kier molecular flexibility index (Phi) is 8.57. The Morgan fingerprint density at radius 1 is 1.19 bits per heavy atom. The number of halogens is 2. The Labute approximate surface area is 221 Å². The minimum Gasteiger partial charge on any atom is -0.493 e. The molecule has 1 aliphatic heterocycles. The monoisotopic (exact) mass is 553 g/mol. The highest BCUT2D eigenvalue weighted by atomic mass is 35.5. The molecular weight excluding hydrogens is 521 g/mol. The van der Waals surface area contributed by atoms with Crippen LogP contribution in [-0.2, 0) is 23.5 Å². The first-order valence-corrected chi connectivity index (χ1v) is 14.4.